The van der Waals surface area contributed by atoms with Gasteiger partial charge in [-0.2, -0.15) is 0 Å². The van der Waals surface area contributed by atoms with E-state index in [-0.39, 0.29) is 11.7 Å². The summed E-state index contributed by atoms with van der Waals surface area (Å²) in [6.45, 7) is 0. The maximum Gasteiger partial charge on any atom is 0.156 e. The molecule has 0 fully saturated rings. The van der Waals surface area contributed by atoms with E-state index in [4.69, 9.17) is 0 Å². The fourth-order valence-corrected chi connectivity index (χ4v) is 3.44. The van der Waals surface area contributed by atoms with Gasteiger partial charge in [-0.1, -0.05) is 66.7 Å². The van der Waals surface area contributed by atoms with Crippen LogP contribution in [0.15, 0.2) is 78.9 Å². The minimum Gasteiger partial charge on any atom is -0.295 e. The maximum absolute atomic E-state index is 12.2. The van der Waals surface area contributed by atoms with Crippen LogP contribution in [0.1, 0.15) is 29.9 Å². The van der Waals surface area contributed by atoms with Crippen molar-refractivity contribution in [2.45, 2.75) is 18.8 Å². The molecule has 0 saturated carbocycles. The lowest BCUT2D eigenvalue weighted by atomic mass is 9.81. The Labute approximate surface area is 136 Å². The molecule has 1 atom stereocenters. The lowest BCUT2D eigenvalue weighted by Crippen LogP contribution is -2.12. The number of carbonyl (C=O) groups excluding carboxylic acids is 1. The van der Waals surface area contributed by atoms with Gasteiger partial charge in [0, 0.05) is 6.42 Å². The van der Waals surface area contributed by atoms with Crippen molar-refractivity contribution in [2.24, 2.45) is 0 Å². The number of hydrogen-bond donors (Lipinski definition) is 0. The molecule has 1 heteroatoms. The molecule has 3 aromatic rings. The third-order valence-electron chi connectivity index (χ3n) is 4.64. The topological polar surface area (TPSA) is 17.1 Å². The summed E-state index contributed by atoms with van der Waals surface area (Å²) in [5, 5.41) is 2.46. The van der Waals surface area contributed by atoms with E-state index in [0.717, 1.165) is 17.6 Å². The molecule has 112 valence electrons. The largest absolute Gasteiger partial charge is 0.295 e. The predicted molar refractivity (Wildman–Crippen MR) is 95.3 cm³/mol. The second kappa shape index (κ2) is 5.85. The predicted octanol–water partition coefficient (Wildman–Crippen LogP) is 5.37. The highest BCUT2D eigenvalue weighted by molar-refractivity contribution is 6.00. The molecule has 0 saturated heterocycles. The fourth-order valence-electron chi connectivity index (χ4n) is 3.44. The SMILES string of the molecule is O=C1C=C(c2ccc3ccccc3c2)CC(c2ccccc2)C1. The zero-order chi connectivity index (χ0) is 15.6. The number of allylic oxidation sites excluding steroid dienone is 2. The quantitative estimate of drug-likeness (QED) is 0.621. The van der Waals surface area contributed by atoms with E-state index in [1.165, 1.54) is 16.3 Å². The first-order valence-corrected chi connectivity index (χ1v) is 8.07. The van der Waals surface area contributed by atoms with Gasteiger partial charge in [-0.25, -0.2) is 0 Å². The monoisotopic (exact) mass is 298 g/mol. The minimum atomic E-state index is 0.230. The first-order valence-electron chi connectivity index (χ1n) is 8.07. The van der Waals surface area contributed by atoms with Crippen molar-refractivity contribution < 1.29 is 4.79 Å². The van der Waals surface area contributed by atoms with E-state index in [1.807, 2.05) is 24.3 Å². The summed E-state index contributed by atoms with van der Waals surface area (Å²) < 4.78 is 0. The van der Waals surface area contributed by atoms with Crippen LogP contribution in [0.2, 0.25) is 0 Å². The van der Waals surface area contributed by atoms with Crippen molar-refractivity contribution in [1.29, 1.82) is 0 Å². The Morgan fingerprint density at radius 2 is 1.48 bits per heavy atom. The molecular formula is C22H18O. The van der Waals surface area contributed by atoms with Gasteiger partial charge in [0.25, 0.3) is 0 Å². The highest BCUT2D eigenvalue weighted by Crippen LogP contribution is 2.36. The maximum atomic E-state index is 12.2. The Kier molecular flexibility index (Phi) is 3.55. The van der Waals surface area contributed by atoms with Crippen molar-refractivity contribution in [1.82, 2.24) is 0 Å². The van der Waals surface area contributed by atoms with E-state index in [1.54, 1.807) is 0 Å². The summed E-state index contributed by atoms with van der Waals surface area (Å²) in [5.41, 5.74) is 3.57. The Bertz CT molecular complexity index is 890. The molecule has 0 amide bonds. The highest BCUT2D eigenvalue weighted by atomic mass is 16.1. The molecule has 1 aliphatic carbocycles. The number of carbonyl (C=O) groups is 1. The van der Waals surface area contributed by atoms with E-state index < -0.39 is 0 Å². The van der Waals surface area contributed by atoms with Gasteiger partial charge in [-0.3, -0.25) is 4.79 Å². The van der Waals surface area contributed by atoms with Crippen molar-refractivity contribution in [3.05, 3.63) is 90.0 Å². The van der Waals surface area contributed by atoms with Crippen molar-refractivity contribution in [3.63, 3.8) is 0 Å². The Morgan fingerprint density at radius 1 is 0.739 bits per heavy atom. The Balaban J connectivity index is 1.70. The van der Waals surface area contributed by atoms with Gasteiger partial charge in [0.1, 0.15) is 0 Å². The number of fused-ring (bicyclic) bond motifs is 1. The minimum absolute atomic E-state index is 0.230. The van der Waals surface area contributed by atoms with Crippen molar-refractivity contribution in [2.75, 3.05) is 0 Å². The molecular weight excluding hydrogens is 280 g/mol. The third kappa shape index (κ3) is 2.83. The van der Waals surface area contributed by atoms with Crippen LogP contribution in [-0.2, 0) is 4.79 Å². The van der Waals surface area contributed by atoms with Crippen LogP contribution in [0.4, 0.5) is 0 Å². The molecule has 1 nitrogen and oxygen atoms in total. The third-order valence-corrected chi connectivity index (χ3v) is 4.64. The molecule has 4 rings (SSSR count). The van der Waals surface area contributed by atoms with Crippen LogP contribution in [-0.4, -0.2) is 5.78 Å². The first-order chi connectivity index (χ1) is 11.3. The van der Waals surface area contributed by atoms with E-state index in [0.29, 0.717) is 6.42 Å². The second-order valence-electron chi connectivity index (χ2n) is 6.21. The second-order valence-corrected chi connectivity index (χ2v) is 6.21. The molecule has 1 aliphatic rings. The number of hydrogen-bond acceptors (Lipinski definition) is 1. The normalized spacial score (nSPS) is 18.0. The van der Waals surface area contributed by atoms with Crippen LogP contribution < -0.4 is 0 Å². The van der Waals surface area contributed by atoms with Gasteiger partial charge >= 0.3 is 0 Å². The molecule has 1 unspecified atom stereocenters. The average Bonchev–Trinajstić information content (AvgIpc) is 2.61. The average molecular weight is 298 g/mol. The molecule has 0 spiro atoms. The lowest BCUT2D eigenvalue weighted by Gasteiger charge is -2.23. The fraction of sp³-hybridized carbons (Fsp3) is 0.136. The number of ketones is 1. The first kappa shape index (κ1) is 14.0. The molecule has 3 aromatic carbocycles. The van der Waals surface area contributed by atoms with Gasteiger partial charge in [0.15, 0.2) is 5.78 Å². The van der Waals surface area contributed by atoms with E-state index >= 15 is 0 Å². The van der Waals surface area contributed by atoms with Gasteiger partial charge in [-0.05, 0) is 52.0 Å². The smallest absolute Gasteiger partial charge is 0.156 e. The summed E-state index contributed by atoms with van der Waals surface area (Å²) in [6.07, 6.45) is 3.37. The molecule has 0 bridgehead atoms. The summed E-state index contributed by atoms with van der Waals surface area (Å²) in [5.74, 6) is 0.517. The van der Waals surface area contributed by atoms with Crippen LogP contribution in [0.25, 0.3) is 16.3 Å². The van der Waals surface area contributed by atoms with Crippen LogP contribution in [0.3, 0.4) is 0 Å². The van der Waals surface area contributed by atoms with E-state index in [2.05, 4.69) is 54.6 Å². The van der Waals surface area contributed by atoms with Crippen LogP contribution >= 0.6 is 0 Å². The molecule has 0 N–H and O–H groups in total. The van der Waals surface area contributed by atoms with Gasteiger partial charge in [0.2, 0.25) is 0 Å². The van der Waals surface area contributed by atoms with Crippen LogP contribution in [0, 0.1) is 0 Å². The zero-order valence-electron chi connectivity index (χ0n) is 12.9. The molecule has 0 heterocycles. The van der Waals surface area contributed by atoms with Crippen molar-refractivity contribution >= 4 is 22.1 Å². The molecule has 23 heavy (non-hydrogen) atoms. The zero-order valence-corrected chi connectivity index (χ0v) is 12.9. The summed E-state index contributed by atoms with van der Waals surface area (Å²) in [6, 6.07) is 25.2. The summed E-state index contributed by atoms with van der Waals surface area (Å²) in [4.78, 5) is 12.2. The van der Waals surface area contributed by atoms with Crippen molar-refractivity contribution in [3.8, 4) is 0 Å². The lowest BCUT2D eigenvalue weighted by molar-refractivity contribution is -0.115. The standard InChI is InChI=1S/C22H18O/c23-22-14-20(16-6-2-1-3-7-16)13-21(15-22)19-11-10-17-8-4-5-9-18(17)12-19/h1-12,15,20H,13-14H2. The van der Waals surface area contributed by atoms with Gasteiger partial charge in [0.05, 0.1) is 0 Å². The van der Waals surface area contributed by atoms with Crippen LogP contribution in [0.5, 0.6) is 0 Å². The molecule has 0 aliphatic heterocycles. The summed E-state index contributed by atoms with van der Waals surface area (Å²) >= 11 is 0. The highest BCUT2D eigenvalue weighted by Gasteiger charge is 2.22. The number of benzene rings is 3. The number of rotatable bonds is 2. The van der Waals surface area contributed by atoms with Gasteiger partial charge in [-0.15, -0.1) is 0 Å². The van der Waals surface area contributed by atoms with E-state index in [9.17, 15) is 4.79 Å². The molecule has 0 radical (unpaired) electrons. The summed E-state index contributed by atoms with van der Waals surface area (Å²) in [7, 11) is 0. The molecule has 0 aromatic heterocycles. The Morgan fingerprint density at radius 3 is 2.30 bits per heavy atom. The Hall–Kier alpha value is -2.67. The van der Waals surface area contributed by atoms with Gasteiger partial charge < -0.3 is 0 Å².